The van der Waals surface area contributed by atoms with Gasteiger partial charge in [0.1, 0.15) is 16.8 Å². The smallest absolute Gasteiger partial charge is 0.333 e. The zero-order valence-electron chi connectivity index (χ0n) is 13.3. The topological polar surface area (TPSA) is 77.2 Å². The van der Waals surface area contributed by atoms with E-state index in [1.54, 1.807) is 19.1 Å². The Morgan fingerprint density at radius 3 is 2.50 bits per heavy atom. The van der Waals surface area contributed by atoms with E-state index in [0.29, 0.717) is 17.7 Å². The average Bonchev–Trinajstić information content (AvgIpc) is 2.98. The summed E-state index contributed by atoms with van der Waals surface area (Å²) in [5, 5.41) is 18.7. The predicted molar refractivity (Wildman–Crippen MR) is 90.0 cm³/mol. The molecule has 6 nitrogen and oxygen atoms in total. The molecule has 3 aromatic rings. The standard InChI is InChI=1S/C18H17N3O3/c1-12(2)18(23)24-8-7-13-9-14(11-15(22)10-13)21-19-16-5-3-4-6-17(16)20-21/h3-6,9-11,22H,1,7-8H2,2H3. The summed E-state index contributed by atoms with van der Waals surface area (Å²) in [5.74, 6) is -0.314. The van der Waals surface area contributed by atoms with Crippen LogP contribution in [0.25, 0.3) is 16.7 Å². The number of phenols is 1. The molecule has 1 heterocycles. The van der Waals surface area contributed by atoms with Crippen molar-refractivity contribution in [1.82, 2.24) is 15.0 Å². The summed E-state index contributed by atoms with van der Waals surface area (Å²) in [7, 11) is 0. The number of ether oxygens (including phenoxy) is 1. The number of aromatic nitrogens is 3. The van der Waals surface area contributed by atoms with Crippen molar-refractivity contribution >= 4 is 17.0 Å². The minimum Gasteiger partial charge on any atom is -0.508 e. The van der Waals surface area contributed by atoms with E-state index in [4.69, 9.17) is 4.74 Å². The molecule has 122 valence electrons. The minimum absolute atomic E-state index is 0.107. The van der Waals surface area contributed by atoms with E-state index < -0.39 is 5.97 Å². The number of phenolic OH excluding ortho intramolecular Hbond substituents is 1. The molecular weight excluding hydrogens is 306 g/mol. The van der Waals surface area contributed by atoms with Crippen LogP contribution in [0, 0.1) is 0 Å². The molecule has 0 saturated heterocycles. The number of rotatable bonds is 5. The first kappa shape index (κ1) is 15.7. The third-order valence-electron chi connectivity index (χ3n) is 3.45. The first-order valence-corrected chi connectivity index (χ1v) is 7.51. The fourth-order valence-electron chi connectivity index (χ4n) is 2.28. The van der Waals surface area contributed by atoms with Crippen molar-refractivity contribution in [3.63, 3.8) is 0 Å². The van der Waals surface area contributed by atoms with Gasteiger partial charge in [0.05, 0.1) is 12.3 Å². The van der Waals surface area contributed by atoms with Crippen LogP contribution < -0.4 is 0 Å². The van der Waals surface area contributed by atoms with Gasteiger partial charge in [0.15, 0.2) is 0 Å². The second-order valence-corrected chi connectivity index (χ2v) is 5.50. The van der Waals surface area contributed by atoms with Crippen LogP contribution in [0.3, 0.4) is 0 Å². The van der Waals surface area contributed by atoms with E-state index in [-0.39, 0.29) is 12.4 Å². The Morgan fingerprint density at radius 1 is 1.21 bits per heavy atom. The van der Waals surface area contributed by atoms with Crippen LogP contribution in [0.15, 0.2) is 54.6 Å². The highest BCUT2D eigenvalue weighted by Gasteiger charge is 2.08. The second kappa shape index (κ2) is 6.54. The molecule has 0 atom stereocenters. The molecule has 0 spiro atoms. The van der Waals surface area contributed by atoms with Gasteiger partial charge in [-0.3, -0.25) is 0 Å². The lowest BCUT2D eigenvalue weighted by molar-refractivity contribution is -0.138. The number of hydrogen-bond donors (Lipinski definition) is 1. The quantitative estimate of drug-likeness (QED) is 0.577. The summed E-state index contributed by atoms with van der Waals surface area (Å²) in [5.41, 5.74) is 3.38. The molecule has 0 saturated carbocycles. The molecule has 2 aromatic carbocycles. The van der Waals surface area contributed by atoms with Crippen LogP contribution in [0.4, 0.5) is 0 Å². The molecule has 1 aromatic heterocycles. The summed E-state index contributed by atoms with van der Waals surface area (Å²) in [6.45, 7) is 5.35. The first-order valence-electron chi connectivity index (χ1n) is 7.51. The van der Waals surface area contributed by atoms with Crippen LogP contribution in [0.1, 0.15) is 12.5 Å². The monoisotopic (exact) mass is 323 g/mol. The molecule has 0 aliphatic heterocycles. The van der Waals surface area contributed by atoms with Crippen LogP contribution in [-0.2, 0) is 16.0 Å². The molecule has 1 N–H and O–H groups in total. The zero-order valence-corrected chi connectivity index (χ0v) is 13.3. The third kappa shape index (κ3) is 3.43. The van der Waals surface area contributed by atoms with Crippen molar-refractivity contribution in [3.05, 3.63) is 60.2 Å². The Labute approximate surface area is 139 Å². The predicted octanol–water partition coefficient (Wildman–Crippen LogP) is 2.79. The lowest BCUT2D eigenvalue weighted by Gasteiger charge is -2.07. The van der Waals surface area contributed by atoms with E-state index in [1.165, 1.54) is 4.80 Å². The summed E-state index contributed by atoms with van der Waals surface area (Å²) in [6, 6.07) is 12.6. The van der Waals surface area contributed by atoms with Gasteiger partial charge < -0.3 is 9.84 Å². The third-order valence-corrected chi connectivity index (χ3v) is 3.45. The molecule has 0 aliphatic rings. The highest BCUT2D eigenvalue weighted by molar-refractivity contribution is 5.86. The van der Waals surface area contributed by atoms with Gasteiger partial charge in [0.2, 0.25) is 0 Å². The first-order chi connectivity index (χ1) is 11.5. The van der Waals surface area contributed by atoms with Crippen LogP contribution >= 0.6 is 0 Å². The summed E-state index contributed by atoms with van der Waals surface area (Å²) >= 11 is 0. The van der Waals surface area contributed by atoms with Crippen molar-refractivity contribution in [2.75, 3.05) is 6.61 Å². The maximum atomic E-state index is 11.4. The van der Waals surface area contributed by atoms with Gasteiger partial charge in [0, 0.05) is 18.1 Å². The van der Waals surface area contributed by atoms with Crippen molar-refractivity contribution in [1.29, 1.82) is 0 Å². The number of aromatic hydroxyl groups is 1. The number of hydrogen-bond acceptors (Lipinski definition) is 5. The van der Waals surface area contributed by atoms with Gasteiger partial charge in [-0.2, -0.15) is 4.80 Å². The molecule has 0 amide bonds. The molecule has 24 heavy (non-hydrogen) atoms. The second-order valence-electron chi connectivity index (χ2n) is 5.50. The fraction of sp³-hybridized carbons (Fsp3) is 0.167. The lowest BCUT2D eigenvalue weighted by atomic mass is 10.1. The Balaban J connectivity index is 1.81. The van der Waals surface area contributed by atoms with E-state index in [9.17, 15) is 9.90 Å². The Morgan fingerprint density at radius 2 is 1.88 bits per heavy atom. The SMILES string of the molecule is C=C(C)C(=O)OCCc1cc(O)cc(-n2nc3ccccc3n2)c1. The van der Waals surface area contributed by atoms with E-state index >= 15 is 0 Å². The number of nitrogens with zero attached hydrogens (tertiary/aromatic N) is 3. The summed E-state index contributed by atoms with van der Waals surface area (Å²) in [6.07, 6.45) is 0.473. The summed E-state index contributed by atoms with van der Waals surface area (Å²) in [4.78, 5) is 12.9. The van der Waals surface area contributed by atoms with Gasteiger partial charge in [-0.05, 0) is 36.8 Å². The molecule has 3 rings (SSSR count). The number of esters is 1. The number of carbonyl (C=O) groups is 1. The number of fused-ring (bicyclic) bond motifs is 1. The van der Waals surface area contributed by atoms with E-state index in [0.717, 1.165) is 16.6 Å². The van der Waals surface area contributed by atoms with Gasteiger partial charge in [-0.25, -0.2) is 4.79 Å². The maximum Gasteiger partial charge on any atom is 0.333 e. The minimum atomic E-state index is -0.421. The molecule has 0 bridgehead atoms. The van der Waals surface area contributed by atoms with Crippen LogP contribution in [0.5, 0.6) is 5.75 Å². The van der Waals surface area contributed by atoms with E-state index in [1.807, 2.05) is 30.3 Å². The lowest BCUT2D eigenvalue weighted by Crippen LogP contribution is -2.08. The molecular formula is C18H17N3O3. The Kier molecular flexibility index (Phi) is 4.29. The number of benzene rings is 2. The van der Waals surface area contributed by atoms with Gasteiger partial charge in [-0.1, -0.05) is 18.7 Å². The molecule has 0 radical (unpaired) electrons. The van der Waals surface area contributed by atoms with Gasteiger partial charge >= 0.3 is 5.97 Å². The van der Waals surface area contributed by atoms with Crippen molar-refractivity contribution in [2.24, 2.45) is 0 Å². The number of carbonyl (C=O) groups excluding carboxylic acids is 1. The molecule has 0 aliphatic carbocycles. The van der Waals surface area contributed by atoms with Crippen LogP contribution in [-0.4, -0.2) is 32.7 Å². The highest BCUT2D eigenvalue weighted by Crippen LogP contribution is 2.20. The van der Waals surface area contributed by atoms with Crippen molar-refractivity contribution in [3.8, 4) is 11.4 Å². The van der Waals surface area contributed by atoms with Crippen molar-refractivity contribution in [2.45, 2.75) is 13.3 Å². The Hall–Kier alpha value is -3.15. The van der Waals surface area contributed by atoms with Crippen molar-refractivity contribution < 1.29 is 14.6 Å². The largest absolute Gasteiger partial charge is 0.508 e. The molecule has 0 unspecified atom stereocenters. The molecule has 0 fully saturated rings. The van der Waals surface area contributed by atoms with Crippen LogP contribution in [0.2, 0.25) is 0 Å². The highest BCUT2D eigenvalue weighted by atomic mass is 16.5. The normalized spacial score (nSPS) is 10.7. The van der Waals surface area contributed by atoms with Gasteiger partial charge in [-0.15, -0.1) is 10.2 Å². The molecule has 6 heteroatoms. The fourth-order valence-corrected chi connectivity index (χ4v) is 2.28. The van der Waals surface area contributed by atoms with Gasteiger partial charge in [0.25, 0.3) is 0 Å². The van der Waals surface area contributed by atoms with E-state index in [2.05, 4.69) is 16.8 Å². The maximum absolute atomic E-state index is 11.4. The average molecular weight is 323 g/mol. The zero-order chi connectivity index (χ0) is 17.1. The summed E-state index contributed by atoms with van der Waals surface area (Å²) < 4.78 is 5.08. The Bertz CT molecular complexity index is 882.